The summed E-state index contributed by atoms with van der Waals surface area (Å²) in [5, 5.41) is 12.2. The van der Waals surface area contributed by atoms with Crippen molar-refractivity contribution in [2.75, 3.05) is 11.9 Å². The molecule has 1 aromatic carbocycles. The molecule has 0 amide bonds. The lowest BCUT2D eigenvalue weighted by atomic mass is 10.1. The Hall–Kier alpha value is -1.07. The Morgan fingerprint density at radius 3 is 2.63 bits per heavy atom. The van der Waals surface area contributed by atoms with Crippen molar-refractivity contribution in [3.05, 3.63) is 28.2 Å². The molecule has 0 unspecified atom stereocenters. The van der Waals surface area contributed by atoms with Crippen LogP contribution >= 0.6 is 15.9 Å². The van der Waals surface area contributed by atoms with Crippen LogP contribution in [-0.2, 0) is 4.74 Å². The number of carbonyl (C=O) groups excluding carboxylic acids is 1. The maximum atomic E-state index is 12.1. The number of rotatable bonds is 4. The Morgan fingerprint density at radius 1 is 1.47 bits per heavy atom. The molecule has 0 saturated carbocycles. The maximum absolute atomic E-state index is 12.1. The molecule has 1 atom stereocenters. The number of benzene rings is 1. The predicted octanol–water partition coefficient (Wildman–Crippen LogP) is 3.20. The third kappa shape index (κ3) is 5.20. The largest absolute Gasteiger partial charge is 0.456 e. The van der Waals surface area contributed by atoms with Crippen LogP contribution in [0.15, 0.2) is 22.7 Å². The third-order valence-corrected chi connectivity index (χ3v) is 2.77. The van der Waals surface area contributed by atoms with Crippen LogP contribution in [0.3, 0.4) is 0 Å². The second kappa shape index (κ2) is 6.39. The van der Waals surface area contributed by atoms with Crippen LogP contribution in [0, 0.1) is 0 Å². The van der Waals surface area contributed by atoms with E-state index in [1.807, 2.05) is 27.7 Å². The second-order valence-electron chi connectivity index (χ2n) is 5.42. The lowest BCUT2D eigenvalue weighted by molar-refractivity contribution is 0.00706. The summed E-state index contributed by atoms with van der Waals surface area (Å²) in [6.45, 7) is 7.30. The van der Waals surface area contributed by atoms with Crippen molar-refractivity contribution >= 4 is 27.6 Å². The van der Waals surface area contributed by atoms with E-state index in [1.54, 1.807) is 18.2 Å². The number of aliphatic hydroxyl groups excluding tert-OH is 1. The summed E-state index contributed by atoms with van der Waals surface area (Å²) in [7, 11) is 0. The molecule has 2 N–H and O–H groups in total. The molecule has 0 aliphatic heterocycles. The van der Waals surface area contributed by atoms with Gasteiger partial charge >= 0.3 is 5.97 Å². The molecule has 1 aromatic rings. The van der Waals surface area contributed by atoms with Crippen molar-refractivity contribution in [2.24, 2.45) is 0 Å². The first-order chi connectivity index (χ1) is 8.73. The average Bonchev–Trinajstić information content (AvgIpc) is 2.26. The molecule has 0 bridgehead atoms. The second-order valence-corrected chi connectivity index (χ2v) is 6.34. The van der Waals surface area contributed by atoms with Crippen LogP contribution in [0.1, 0.15) is 38.1 Å². The van der Waals surface area contributed by atoms with Gasteiger partial charge in [0.2, 0.25) is 0 Å². The molecule has 0 heterocycles. The monoisotopic (exact) mass is 329 g/mol. The number of carbonyl (C=O) groups is 1. The zero-order valence-corrected chi connectivity index (χ0v) is 13.2. The highest BCUT2D eigenvalue weighted by Crippen LogP contribution is 2.24. The van der Waals surface area contributed by atoms with E-state index in [9.17, 15) is 4.79 Å². The van der Waals surface area contributed by atoms with E-state index < -0.39 is 5.60 Å². The van der Waals surface area contributed by atoms with E-state index in [2.05, 4.69) is 21.2 Å². The Morgan fingerprint density at radius 2 is 2.11 bits per heavy atom. The number of aliphatic hydroxyl groups is 1. The number of halogens is 1. The molecule has 0 radical (unpaired) electrons. The van der Waals surface area contributed by atoms with Gasteiger partial charge in [-0.05, 0) is 45.9 Å². The van der Waals surface area contributed by atoms with Gasteiger partial charge in [-0.25, -0.2) is 4.79 Å². The van der Waals surface area contributed by atoms with E-state index in [1.165, 1.54) is 0 Å². The minimum absolute atomic E-state index is 0.0136. The zero-order valence-electron chi connectivity index (χ0n) is 11.7. The van der Waals surface area contributed by atoms with Gasteiger partial charge in [-0.15, -0.1) is 0 Å². The van der Waals surface area contributed by atoms with Gasteiger partial charge in [0.1, 0.15) is 5.60 Å². The Balaban J connectivity index is 3.02. The van der Waals surface area contributed by atoms with Gasteiger partial charge in [-0.2, -0.15) is 0 Å². The van der Waals surface area contributed by atoms with Crippen molar-refractivity contribution in [3.63, 3.8) is 0 Å². The molecule has 1 rings (SSSR count). The molecular formula is C14H20BrNO3. The van der Waals surface area contributed by atoms with E-state index in [4.69, 9.17) is 9.84 Å². The highest BCUT2D eigenvalue weighted by Gasteiger charge is 2.21. The van der Waals surface area contributed by atoms with Crippen LogP contribution in [0.5, 0.6) is 0 Å². The van der Waals surface area contributed by atoms with Crippen LogP contribution in [0.2, 0.25) is 0 Å². The highest BCUT2D eigenvalue weighted by molar-refractivity contribution is 9.10. The van der Waals surface area contributed by atoms with E-state index in [0.717, 1.165) is 4.47 Å². The summed E-state index contributed by atoms with van der Waals surface area (Å²) in [6, 6.07) is 5.14. The summed E-state index contributed by atoms with van der Waals surface area (Å²) in [5.74, 6) is -0.382. The molecular weight excluding hydrogens is 310 g/mol. The number of nitrogens with one attached hydrogen (secondary N) is 1. The lowest BCUT2D eigenvalue weighted by Crippen LogP contribution is -2.26. The van der Waals surface area contributed by atoms with Crippen LogP contribution < -0.4 is 5.32 Å². The van der Waals surface area contributed by atoms with E-state index in [-0.39, 0.29) is 18.6 Å². The maximum Gasteiger partial charge on any atom is 0.340 e. The molecule has 0 aromatic heterocycles. The van der Waals surface area contributed by atoms with E-state index in [0.29, 0.717) is 11.3 Å². The molecule has 0 fully saturated rings. The minimum Gasteiger partial charge on any atom is -0.456 e. The molecule has 0 aliphatic carbocycles. The van der Waals surface area contributed by atoms with Crippen LogP contribution in [0.25, 0.3) is 0 Å². The molecule has 19 heavy (non-hydrogen) atoms. The van der Waals surface area contributed by atoms with Crippen molar-refractivity contribution in [2.45, 2.75) is 39.3 Å². The first-order valence-corrected chi connectivity index (χ1v) is 6.92. The summed E-state index contributed by atoms with van der Waals surface area (Å²) in [5.41, 5.74) is 0.563. The summed E-state index contributed by atoms with van der Waals surface area (Å²) < 4.78 is 6.22. The Labute approximate surface area is 122 Å². The molecule has 4 nitrogen and oxygen atoms in total. The van der Waals surface area contributed by atoms with E-state index >= 15 is 0 Å². The fourth-order valence-corrected chi connectivity index (χ4v) is 1.82. The van der Waals surface area contributed by atoms with Crippen molar-refractivity contribution < 1.29 is 14.6 Å². The van der Waals surface area contributed by atoms with Gasteiger partial charge in [0.25, 0.3) is 0 Å². The molecule has 0 saturated heterocycles. The minimum atomic E-state index is -0.538. The summed E-state index contributed by atoms with van der Waals surface area (Å²) >= 11 is 3.36. The highest BCUT2D eigenvalue weighted by atomic mass is 79.9. The van der Waals surface area contributed by atoms with Crippen molar-refractivity contribution in [1.82, 2.24) is 0 Å². The van der Waals surface area contributed by atoms with Gasteiger partial charge in [0, 0.05) is 10.5 Å². The lowest BCUT2D eigenvalue weighted by Gasteiger charge is -2.22. The fraction of sp³-hybridized carbons (Fsp3) is 0.500. The molecule has 106 valence electrons. The molecule has 0 spiro atoms. The normalized spacial score (nSPS) is 12.9. The third-order valence-electron chi connectivity index (χ3n) is 2.28. The summed E-state index contributed by atoms with van der Waals surface area (Å²) in [6.07, 6.45) is 0. The SMILES string of the molecule is C[C@H](CO)Nc1cc(Br)ccc1C(=O)OC(C)(C)C. The van der Waals surface area contributed by atoms with Gasteiger partial charge in [-0.1, -0.05) is 15.9 Å². The first-order valence-electron chi connectivity index (χ1n) is 6.13. The number of ether oxygens (including phenoxy) is 1. The number of anilines is 1. The van der Waals surface area contributed by atoms with Gasteiger partial charge in [-0.3, -0.25) is 0 Å². The Bertz CT molecular complexity index is 454. The van der Waals surface area contributed by atoms with Crippen LogP contribution in [0.4, 0.5) is 5.69 Å². The standard InChI is InChI=1S/C14H20BrNO3/c1-9(8-17)16-12-7-10(15)5-6-11(12)13(18)19-14(2,3)4/h5-7,9,16-17H,8H2,1-4H3/t9-/m1/s1. The van der Waals surface area contributed by atoms with Crippen LogP contribution in [-0.4, -0.2) is 29.3 Å². The number of esters is 1. The van der Waals surface area contributed by atoms with Gasteiger partial charge in [0.15, 0.2) is 0 Å². The zero-order chi connectivity index (χ0) is 14.6. The predicted molar refractivity (Wildman–Crippen MR) is 79.5 cm³/mol. The number of hydrogen-bond donors (Lipinski definition) is 2. The van der Waals surface area contributed by atoms with Gasteiger partial charge < -0.3 is 15.2 Å². The van der Waals surface area contributed by atoms with Gasteiger partial charge in [0.05, 0.1) is 17.9 Å². The first kappa shape index (κ1) is 16.0. The average molecular weight is 330 g/mol. The van der Waals surface area contributed by atoms with Crippen molar-refractivity contribution in [1.29, 1.82) is 0 Å². The Kier molecular flexibility index (Phi) is 5.38. The smallest absolute Gasteiger partial charge is 0.340 e. The quantitative estimate of drug-likeness (QED) is 0.833. The van der Waals surface area contributed by atoms with Crippen molar-refractivity contribution in [3.8, 4) is 0 Å². The topological polar surface area (TPSA) is 58.6 Å². The summed E-state index contributed by atoms with van der Waals surface area (Å²) in [4.78, 5) is 12.1. The molecule has 5 heteroatoms. The molecule has 0 aliphatic rings. The number of hydrogen-bond acceptors (Lipinski definition) is 4. The fourth-order valence-electron chi connectivity index (χ4n) is 1.46.